The van der Waals surface area contributed by atoms with Gasteiger partial charge < -0.3 is 24.0 Å². The van der Waals surface area contributed by atoms with Gasteiger partial charge in [0, 0.05) is 58.2 Å². The lowest BCUT2D eigenvalue weighted by molar-refractivity contribution is -0.144. The first-order chi connectivity index (χ1) is 21.1. The average Bonchev–Trinajstić information content (AvgIpc) is 3.54. The second-order valence-electron chi connectivity index (χ2n) is 13.0. The molecule has 2 unspecified atom stereocenters. The van der Waals surface area contributed by atoms with Crippen LogP contribution >= 0.6 is 0 Å². The smallest absolute Gasteiger partial charge is 0.417 e. The van der Waals surface area contributed by atoms with E-state index in [9.17, 15) is 22.8 Å². The van der Waals surface area contributed by atoms with Gasteiger partial charge in [-0.05, 0) is 79.7 Å². The highest BCUT2D eigenvalue weighted by molar-refractivity contribution is 5.87. The molecule has 2 amide bonds. The highest BCUT2D eigenvalue weighted by atomic mass is 19.4. The van der Waals surface area contributed by atoms with E-state index in [-0.39, 0.29) is 49.5 Å². The van der Waals surface area contributed by atoms with Crippen LogP contribution in [0.2, 0.25) is 0 Å². The molecule has 6 rings (SSSR count). The molecule has 3 aliphatic heterocycles. The normalized spacial score (nSPS) is 28.5. The predicted octanol–water partition coefficient (Wildman–Crippen LogP) is 4.67. The maximum absolute atomic E-state index is 14.5. The van der Waals surface area contributed by atoms with Gasteiger partial charge in [0.2, 0.25) is 5.91 Å². The molecule has 2 saturated heterocycles. The highest BCUT2D eigenvalue weighted by Crippen LogP contribution is 2.54. The molecule has 0 bridgehead atoms. The number of likely N-dealkylation sites (tertiary alicyclic amines) is 1. The molecule has 0 radical (unpaired) electrons. The van der Waals surface area contributed by atoms with Gasteiger partial charge in [-0.1, -0.05) is 12.1 Å². The number of benzene rings is 1. The maximum atomic E-state index is 14.5. The van der Waals surface area contributed by atoms with Crippen molar-refractivity contribution in [2.24, 2.45) is 23.2 Å². The van der Waals surface area contributed by atoms with E-state index >= 15 is 0 Å². The monoisotopic (exact) mass is 615 g/mol. The first-order valence-electron chi connectivity index (χ1n) is 15.5. The van der Waals surface area contributed by atoms with Gasteiger partial charge >= 0.3 is 6.18 Å². The molecule has 1 aromatic heterocycles. The Bertz CT molecular complexity index is 1390. The van der Waals surface area contributed by atoms with Crippen molar-refractivity contribution in [1.29, 1.82) is 0 Å². The summed E-state index contributed by atoms with van der Waals surface area (Å²) in [6.45, 7) is 4.31. The Balaban J connectivity index is 1.21. The summed E-state index contributed by atoms with van der Waals surface area (Å²) in [4.78, 5) is 35.4. The van der Waals surface area contributed by atoms with Crippen LogP contribution in [0, 0.1) is 30.1 Å². The Morgan fingerprint density at radius 2 is 2.05 bits per heavy atom. The summed E-state index contributed by atoms with van der Waals surface area (Å²) in [6, 6.07) is 8.64. The number of alkyl halides is 3. The summed E-state index contributed by atoms with van der Waals surface area (Å²) < 4.78 is 57.5. The number of hydrogen-bond acceptors (Lipinski definition) is 6. The molecule has 1 aliphatic carbocycles. The van der Waals surface area contributed by atoms with Crippen LogP contribution in [-0.2, 0) is 38.2 Å². The SMILES string of the molecule is COC1COCCC1C[C@@H]1C[C@H]2CN(C(=O)COc3cccc(C)c3)C[C@@]2(C(=O)N2CCc3ncc(C(F)(F)F)cc3C2)C1. The molecular formula is C33H40F3N3O5. The Labute approximate surface area is 255 Å². The summed E-state index contributed by atoms with van der Waals surface area (Å²) in [5, 5.41) is 0. The number of fused-ring (bicyclic) bond motifs is 2. The molecule has 8 nitrogen and oxygen atoms in total. The number of aromatic nitrogens is 1. The van der Waals surface area contributed by atoms with Gasteiger partial charge in [-0.15, -0.1) is 0 Å². The van der Waals surface area contributed by atoms with Crippen molar-refractivity contribution < 1.29 is 37.0 Å². The maximum Gasteiger partial charge on any atom is 0.417 e. The molecule has 1 aromatic carbocycles. The Hall–Kier alpha value is -3.18. The van der Waals surface area contributed by atoms with E-state index in [2.05, 4.69) is 4.98 Å². The topological polar surface area (TPSA) is 81.2 Å². The largest absolute Gasteiger partial charge is 0.484 e. The summed E-state index contributed by atoms with van der Waals surface area (Å²) in [6.07, 6.45) is 0.0422. The fraction of sp³-hybridized carbons (Fsp3) is 0.606. The average molecular weight is 616 g/mol. The summed E-state index contributed by atoms with van der Waals surface area (Å²) in [5.41, 5.74) is 0.468. The predicted molar refractivity (Wildman–Crippen MR) is 155 cm³/mol. The molecule has 238 valence electrons. The number of aryl methyl sites for hydroxylation is 1. The zero-order valence-electron chi connectivity index (χ0n) is 25.3. The van der Waals surface area contributed by atoms with Gasteiger partial charge in [0.05, 0.1) is 23.7 Å². The van der Waals surface area contributed by atoms with Crippen LogP contribution in [0.3, 0.4) is 0 Å². The first kappa shape index (κ1) is 30.8. The van der Waals surface area contributed by atoms with E-state index in [1.165, 1.54) is 0 Å². The fourth-order valence-electron chi connectivity index (χ4n) is 7.93. The summed E-state index contributed by atoms with van der Waals surface area (Å²) >= 11 is 0. The second kappa shape index (κ2) is 12.3. The standard InChI is InChI=1S/C33H40F3N3O5/c1-21-4-3-5-27(10-21)44-19-30(40)39-17-26-12-22(11-23-7-9-43-18-29(23)42-2)14-32(26,20-39)31(41)38-8-6-28-24(16-38)13-25(15-37-28)33(34,35)36/h3-5,10,13,15,22-23,26,29H,6-9,11-12,14,16-20H2,1-2H3/t22-,23?,26+,29?,32+/m1/s1. The number of carbonyl (C=O) groups is 2. The Kier molecular flexibility index (Phi) is 8.63. The fourth-order valence-corrected chi connectivity index (χ4v) is 7.93. The van der Waals surface area contributed by atoms with Crippen molar-refractivity contribution in [2.75, 3.05) is 46.6 Å². The molecule has 44 heavy (non-hydrogen) atoms. The van der Waals surface area contributed by atoms with Crippen LogP contribution in [0.4, 0.5) is 13.2 Å². The molecule has 0 N–H and O–H groups in total. The lowest BCUT2D eigenvalue weighted by Crippen LogP contribution is -2.49. The van der Waals surface area contributed by atoms with E-state index in [0.29, 0.717) is 62.1 Å². The van der Waals surface area contributed by atoms with Gasteiger partial charge in [0.25, 0.3) is 5.91 Å². The van der Waals surface area contributed by atoms with Crippen LogP contribution in [0.15, 0.2) is 36.5 Å². The molecular weight excluding hydrogens is 575 g/mol. The van der Waals surface area contributed by atoms with Gasteiger partial charge in [-0.2, -0.15) is 13.2 Å². The van der Waals surface area contributed by atoms with E-state index in [0.717, 1.165) is 37.1 Å². The lowest BCUT2D eigenvalue weighted by Gasteiger charge is -2.37. The molecule has 2 aromatic rings. The molecule has 5 atom stereocenters. The number of pyridine rings is 1. The molecule has 4 aliphatic rings. The van der Waals surface area contributed by atoms with Gasteiger partial charge in [-0.25, -0.2) is 0 Å². The zero-order chi connectivity index (χ0) is 31.1. The zero-order valence-corrected chi connectivity index (χ0v) is 25.3. The molecule has 0 spiro atoms. The van der Waals surface area contributed by atoms with Gasteiger partial charge in [-0.3, -0.25) is 14.6 Å². The van der Waals surface area contributed by atoms with Gasteiger partial charge in [0.1, 0.15) is 5.75 Å². The number of nitrogens with zero attached hydrogens (tertiary/aromatic N) is 3. The van der Waals surface area contributed by atoms with Crippen molar-refractivity contribution in [1.82, 2.24) is 14.8 Å². The van der Waals surface area contributed by atoms with Crippen LogP contribution < -0.4 is 4.74 Å². The second-order valence-corrected chi connectivity index (χ2v) is 13.0. The Morgan fingerprint density at radius 1 is 1.20 bits per heavy atom. The van der Waals surface area contributed by atoms with E-state index in [1.807, 2.05) is 31.2 Å². The van der Waals surface area contributed by atoms with Crippen molar-refractivity contribution in [3.63, 3.8) is 0 Å². The van der Waals surface area contributed by atoms with Crippen LogP contribution in [-0.4, -0.2) is 79.3 Å². The van der Waals surface area contributed by atoms with Crippen LogP contribution in [0.25, 0.3) is 0 Å². The van der Waals surface area contributed by atoms with Crippen LogP contribution in [0.1, 0.15) is 48.1 Å². The van der Waals surface area contributed by atoms with Crippen molar-refractivity contribution >= 4 is 11.8 Å². The van der Waals surface area contributed by atoms with Crippen LogP contribution in [0.5, 0.6) is 5.75 Å². The molecule has 4 heterocycles. The molecule has 1 saturated carbocycles. The number of amides is 2. The summed E-state index contributed by atoms with van der Waals surface area (Å²) in [7, 11) is 1.70. The van der Waals surface area contributed by atoms with Crippen molar-refractivity contribution in [2.45, 2.75) is 57.9 Å². The quantitative estimate of drug-likeness (QED) is 0.451. The molecule has 11 heteroatoms. The minimum absolute atomic E-state index is 0.0154. The van der Waals surface area contributed by atoms with Gasteiger partial charge in [0.15, 0.2) is 6.61 Å². The molecule has 3 fully saturated rings. The first-order valence-corrected chi connectivity index (χ1v) is 15.5. The Morgan fingerprint density at radius 3 is 2.82 bits per heavy atom. The van der Waals surface area contributed by atoms with E-state index in [1.54, 1.807) is 16.9 Å². The lowest BCUT2D eigenvalue weighted by atomic mass is 9.78. The third kappa shape index (κ3) is 6.18. The van der Waals surface area contributed by atoms with Crippen molar-refractivity contribution in [3.8, 4) is 5.75 Å². The number of halogens is 3. The third-order valence-corrected chi connectivity index (χ3v) is 10.1. The minimum atomic E-state index is -4.51. The number of carbonyl (C=O) groups excluding carboxylic acids is 2. The highest BCUT2D eigenvalue weighted by Gasteiger charge is 2.59. The minimum Gasteiger partial charge on any atom is -0.484 e. The number of rotatable bonds is 7. The van der Waals surface area contributed by atoms with Crippen molar-refractivity contribution in [3.05, 3.63) is 58.9 Å². The number of ether oxygens (including phenoxy) is 3. The van der Waals surface area contributed by atoms with E-state index in [4.69, 9.17) is 14.2 Å². The number of hydrogen-bond donors (Lipinski definition) is 0. The number of methoxy groups -OCH3 is 1. The van der Waals surface area contributed by atoms with E-state index < -0.39 is 17.2 Å². The summed E-state index contributed by atoms with van der Waals surface area (Å²) in [5.74, 6) is 0.950. The third-order valence-electron chi connectivity index (χ3n) is 10.1.